The van der Waals surface area contributed by atoms with Crippen molar-refractivity contribution in [3.63, 3.8) is 0 Å². The maximum atomic E-state index is 12.4. The first kappa shape index (κ1) is 19.1. The molecule has 2 amide bonds. The average Bonchev–Trinajstić information content (AvgIpc) is 2.61. The highest BCUT2D eigenvalue weighted by molar-refractivity contribution is 8.00. The molecule has 1 unspecified atom stereocenters. The molecule has 0 saturated heterocycles. The molecule has 0 aromatic heterocycles. The molecular weight excluding hydrogens is 381 g/mol. The van der Waals surface area contributed by atoms with E-state index in [-0.39, 0.29) is 16.9 Å². The van der Waals surface area contributed by atoms with Gasteiger partial charge in [0.25, 0.3) is 5.91 Å². The van der Waals surface area contributed by atoms with Gasteiger partial charge >= 0.3 is 6.18 Å². The van der Waals surface area contributed by atoms with Crippen molar-refractivity contribution >= 4 is 35.0 Å². The summed E-state index contributed by atoms with van der Waals surface area (Å²) >= 11 is 1.41. The third-order valence-electron chi connectivity index (χ3n) is 3.69. The van der Waals surface area contributed by atoms with Crippen LogP contribution in [-0.2, 0) is 4.79 Å². The number of alkyl halides is 3. The Morgan fingerprint density at radius 3 is 2.59 bits per heavy atom. The van der Waals surface area contributed by atoms with E-state index in [1.807, 2.05) is 0 Å². The maximum Gasteiger partial charge on any atom is 0.422 e. The Hall–Kier alpha value is -2.68. The van der Waals surface area contributed by atoms with Crippen LogP contribution in [0.25, 0.3) is 0 Å². The lowest BCUT2D eigenvalue weighted by Gasteiger charge is -2.21. The van der Waals surface area contributed by atoms with Crippen molar-refractivity contribution in [1.82, 2.24) is 0 Å². The molecule has 0 radical (unpaired) electrons. The number of hydrogen-bond donors (Lipinski definition) is 2. The van der Waals surface area contributed by atoms with E-state index in [1.54, 1.807) is 25.1 Å². The number of ether oxygens (including phenoxy) is 1. The molecule has 1 aliphatic rings. The fraction of sp³-hybridized carbons (Fsp3) is 0.222. The molecule has 2 N–H and O–H groups in total. The molecule has 1 atom stereocenters. The van der Waals surface area contributed by atoms with Gasteiger partial charge in [-0.05, 0) is 49.4 Å². The molecule has 2 aromatic rings. The van der Waals surface area contributed by atoms with Gasteiger partial charge in [0.05, 0.1) is 10.9 Å². The van der Waals surface area contributed by atoms with Gasteiger partial charge in [0, 0.05) is 16.1 Å². The van der Waals surface area contributed by atoms with Crippen molar-refractivity contribution < 1.29 is 27.5 Å². The Labute approximate surface area is 157 Å². The molecule has 2 aromatic carbocycles. The predicted molar refractivity (Wildman–Crippen MR) is 96.3 cm³/mol. The lowest BCUT2D eigenvalue weighted by atomic mass is 10.1. The minimum Gasteiger partial charge on any atom is -0.484 e. The molecule has 0 bridgehead atoms. The number of carbonyl (C=O) groups is 2. The number of anilines is 2. The number of carbonyl (C=O) groups excluding carboxylic acids is 2. The molecule has 0 saturated carbocycles. The van der Waals surface area contributed by atoms with Crippen LogP contribution in [0, 0.1) is 0 Å². The summed E-state index contributed by atoms with van der Waals surface area (Å²) in [5, 5.41) is 5.20. The van der Waals surface area contributed by atoms with E-state index < -0.39 is 18.7 Å². The molecule has 1 heterocycles. The summed E-state index contributed by atoms with van der Waals surface area (Å²) < 4.78 is 41.0. The van der Waals surface area contributed by atoms with Crippen molar-refractivity contribution in [2.24, 2.45) is 0 Å². The second-order valence-corrected chi connectivity index (χ2v) is 7.23. The topological polar surface area (TPSA) is 67.4 Å². The van der Waals surface area contributed by atoms with E-state index in [1.165, 1.54) is 36.0 Å². The summed E-state index contributed by atoms with van der Waals surface area (Å²) in [5.41, 5.74) is 1.33. The zero-order valence-corrected chi connectivity index (χ0v) is 14.9. The summed E-state index contributed by atoms with van der Waals surface area (Å²) in [6.45, 7) is 0.418. The Bertz CT molecular complexity index is 869. The number of fused-ring (bicyclic) bond motifs is 1. The second-order valence-electron chi connectivity index (χ2n) is 5.84. The monoisotopic (exact) mass is 396 g/mol. The second kappa shape index (κ2) is 7.51. The molecular formula is C18H15F3N2O3S. The van der Waals surface area contributed by atoms with E-state index in [2.05, 4.69) is 15.4 Å². The highest BCUT2D eigenvalue weighted by atomic mass is 32.2. The normalized spacial score (nSPS) is 16.3. The Morgan fingerprint density at radius 2 is 1.93 bits per heavy atom. The van der Waals surface area contributed by atoms with E-state index in [0.717, 1.165) is 4.90 Å². The van der Waals surface area contributed by atoms with Crippen LogP contribution in [-0.4, -0.2) is 29.8 Å². The lowest BCUT2D eigenvalue weighted by Crippen LogP contribution is -2.26. The van der Waals surface area contributed by atoms with Crippen LogP contribution >= 0.6 is 11.8 Å². The number of thioether (sulfide) groups is 1. The first-order chi connectivity index (χ1) is 12.7. The molecule has 1 aliphatic heterocycles. The van der Waals surface area contributed by atoms with Crippen molar-refractivity contribution in [3.05, 3.63) is 48.0 Å². The predicted octanol–water partition coefficient (Wildman–Crippen LogP) is 4.31. The number of hydrogen-bond acceptors (Lipinski definition) is 4. The Kier molecular flexibility index (Phi) is 5.31. The highest BCUT2D eigenvalue weighted by Gasteiger charge is 2.28. The Balaban J connectivity index is 1.65. The van der Waals surface area contributed by atoms with Crippen LogP contribution in [0.5, 0.6) is 5.75 Å². The molecule has 3 rings (SSSR count). The minimum atomic E-state index is -4.41. The fourth-order valence-electron chi connectivity index (χ4n) is 2.35. The summed E-state index contributed by atoms with van der Waals surface area (Å²) in [6.07, 6.45) is -4.41. The van der Waals surface area contributed by atoms with Gasteiger partial charge in [-0.25, -0.2) is 0 Å². The maximum absolute atomic E-state index is 12.4. The van der Waals surface area contributed by atoms with Gasteiger partial charge in [-0.3, -0.25) is 9.59 Å². The van der Waals surface area contributed by atoms with Gasteiger partial charge in [0.15, 0.2) is 6.61 Å². The minimum absolute atomic E-state index is 0.0490. The number of nitrogens with one attached hydrogen (secondary N) is 2. The number of amides is 2. The summed E-state index contributed by atoms with van der Waals surface area (Å²) in [7, 11) is 0. The van der Waals surface area contributed by atoms with E-state index in [9.17, 15) is 22.8 Å². The van der Waals surface area contributed by atoms with E-state index in [4.69, 9.17) is 0 Å². The molecule has 142 valence electrons. The quantitative estimate of drug-likeness (QED) is 0.808. The van der Waals surface area contributed by atoms with Crippen LogP contribution in [0.2, 0.25) is 0 Å². The highest BCUT2D eigenvalue weighted by Crippen LogP contribution is 2.36. The van der Waals surface area contributed by atoms with Gasteiger partial charge in [0.1, 0.15) is 5.75 Å². The van der Waals surface area contributed by atoms with Gasteiger partial charge < -0.3 is 15.4 Å². The van der Waals surface area contributed by atoms with Crippen LogP contribution in [0.3, 0.4) is 0 Å². The third kappa shape index (κ3) is 4.94. The van der Waals surface area contributed by atoms with Crippen LogP contribution < -0.4 is 15.4 Å². The molecule has 27 heavy (non-hydrogen) atoms. The van der Waals surface area contributed by atoms with E-state index in [0.29, 0.717) is 16.9 Å². The average molecular weight is 396 g/mol. The van der Waals surface area contributed by atoms with Gasteiger partial charge in [-0.2, -0.15) is 13.2 Å². The number of rotatable bonds is 4. The lowest BCUT2D eigenvalue weighted by molar-refractivity contribution is -0.153. The molecule has 0 fully saturated rings. The first-order valence-electron chi connectivity index (χ1n) is 7.94. The van der Waals surface area contributed by atoms with Crippen molar-refractivity contribution in [1.29, 1.82) is 0 Å². The number of halogens is 3. The molecule has 0 aliphatic carbocycles. The van der Waals surface area contributed by atoms with Gasteiger partial charge in [0.2, 0.25) is 5.91 Å². The SMILES string of the molecule is CC1Sc2ccc(C(=O)Nc3ccc(OCC(F)(F)F)cc3)cc2NC1=O. The van der Waals surface area contributed by atoms with Gasteiger partial charge in [-0.1, -0.05) is 0 Å². The third-order valence-corrected chi connectivity index (χ3v) is 4.86. The summed E-state index contributed by atoms with van der Waals surface area (Å²) in [6, 6.07) is 10.6. The smallest absolute Gasteiger partial charge is 0.422 e. The largest absolute Gasteiger partial charge is 0.484 e. The standard InChI is InChI=1S/C18H15F3N2O3S/c1-10-16(24)23-14-8-11(2-7-15(14)27-10)17(25)22-12-3-5-13(6-4-12)26-9-18(19,20)21/h2-8,10H,9H2,1H3,(H,22,25)(H,23,24). The first-order valence-corrected chi connectivity index (χ1v) is 8.82. The van der Waals surface area contributed by atoms with E-state index >= 15 is 0 Å². The van der Waals surface area contributed by atoms with Crippen molar-refractivity contribution in [2.75, 3.05) is 17.2 Å². The fourth-order valence-corrected chi connectivity index (χ4v) is 3.28. The van der Waals surface area contributed by atoms with Crippen LogP contribution in [0.1, 0.15) is 17.3 Å². The molecule has 9 heteroatoms. The zero-order valence-electron chi connectivity index (χ0n) is 14.1. The van der Waals surface area contributed by atoms with Crippen LogP contribution in [0.4, 0.5) is 24.5 Å². The Morgan fingerprint density at radius 1 is 1.22 bits per heavy atom. The zero-order chi connectivity index (χ0) is 19.6. The van der Waals surface area contributed by atoms with Crippen molar-refractivity contribution in [2.45, 2.75) is 23.2 Å². The summed E-state index contributed by atoms with van der Waals surface area (Å²) in [4.78, 5) is 25.0. The molecule has 5 nitrogen and oxygen atoms in total. The van der Waals surface area contributed by atoms with Crippen LogP contribution in [0.15, 0.2) is 47.4 Å². The van der Waals surface area contributed by atoms with Gasteiger partial charge in [-0.15, -0.1) is 11.8 Å². The number of benzene rings is 2. The molecule has 0 spiro atoms. The summed E-state index contributed by atoms with van der Waals surface area (Å²) in [5.74, 6) is -0.480. The van der Waals surface area contributed by atoms with Crippen molar-refractivity contribution in [3.8, 4) is 5.75 Å².